The van der Waals surface area contributed by atoms with Gasteiger partial charge in [0.15, 0.2) is 0 Å². The van der Waals surface area contributed by atoms with Crippen LogP contribution in [0.25, 0.3) is 0 Å². The second-order valence-electron chi connectivity index (χ2n) is 3.68. The number of halogens is 2. The number of aromatic nitrogens is 2. The highest BCUT2D eigenvalue weighted by Crippen LogP contribution is 2.22. The second kappa shape index (κ2) is 5.47. The fraction of sp³-hybridized carbons (Fsp3) is 0.167. The molecule has 0 aromatic carbocycles. The molecule has 0 aliphatic carbocycles. The molecule has 17 heavy (non-hydrogen) atoms. The molecule has 2 aromatic heterocycles. The van der Waals surface area contributed by atoms with Gasteiger partial charge < -0.3 is 5.32 Å². The third-order valence-corrected chi connectivity index (χ3v) is 3.38. The Kier molecular flexibility index (Phi) is 3.97. The van der Waals surface area contributed by atoms with Crippen LogP contribution in [0.4, 0.5) is 5.69 Å². The summed E-state index contributed by atoms with van der Waals surface area (Å²) in [6.45, 7) is 2.68. The Labute approximate surface area is 113 Å². The molecule has 0 saturated carbocycles. The normalized spacial score (nSPS) is 10.3. The first-order chi connectivity index (χ1) is 8.15. The first kappa shape index (κ1) is 12.3. The van der Waals surface area contributed by atoms with Crippen LogP contribution in [-0.2, 0) is 6.54 Å². The topological polar surface area (TPSA) is 37.8 Å². The summed E-state index contributed by atoms with van der Waals surface area (Å²) in [5, 5.41) is 3.70. The molecule has 2 heterocycles. The van der Waals surface area contributed by atoms with E-state index in [1.807, 2.05) is 31.3 Å². The summed E-state index contributed by atoms with van der Waals surface area (Å²) in [5.74, 6) is 0. The fourth-order valence-electron chi connectivity index (χ4n) is 1.31. The van der Waals surface area contributed by atoms with Crippen molar-refractivity contribution in [3.63, 3.8) is 0 Å². The number of pyridine rings is 2. The lowest BCUT2D eigenvalue weighted by Gasteiger charge is -2.06. The van der Waals surface area contributed by atoms with Gasteiger partial charge in [-0.3, -0.25) is 4.98 Å². The Morgan fingerprint density at radius 3 is 2.76 bits per heavy atom. The molecule has 0 radical (unpaired) electrons. The van der Waals surface area contributed by atoms with E-state index in [9.17, 15) is 0 Å². The van der Waals surface area contributed by atoms with Gasteiger partial charge in [0.25, 0.3) is 0 Å². The standard InChI is InChI=1S/C12H11BrClN3/c1-8-2-3-9(15-5-8)6-16-10-4-11(13)12(14)17-7-10/h2-5,7,16H,6H2,1H3. The molecular weight excluding hydrogens is 302 g/mol. The molecule has 0 unspecified atom stereocenters. The molecule has 88 valence electrons. The fourth-order valence-corrected chi connectivity index (χ4v) is 1.77. The number of hydrogen-bond acceptors (Lipinski definition) is 3. The molecule has 0 bridgehead atoms. The van der Waals surface area contributed by atoms with E-state index < -0.39 is 0 Å². The summed E-state index contributed by atoms with van der Waals surface area (Å²) in [6, 6.07) is 5.93. The number of nitrogens with zero attached hydrogens (tertiary/aromatic N) is 2. The molecule has 2 rings (SSSR count). The maximum absolute atomic E-state index is 5.82. The summed E-state index contributed by atoms with van der Waals surface area (Å²) in [5.41, 5.74) is 3.05. The van der Waals surface area contributed by atoms with Crippen molar-refractivity contribution >= 4 is 33.2 Å². The lowest BCUT2D eigenvalue weighted by molar-refractivity contribution is 1.03. The lowest BCUT2D eigenvalue weighted by atomic mass is 10.3. The molecule has 0 atom stereocenters. The van der Waals surface area contributed by atoms with E-state index in [0.717, 1.165) is 21.4 Å². The summed E-state index contributed by atoms with van der Waals surface area (Å²) >= 11 is 9.15. The van der Waals surface area contributed by atoms with Gasteiger partial charge in [-0.1, -0.05) is 17.7 Å². The minimum Gasteiger partial charge on any atom is -0.378 e. The van der Waals surface area contributed by atoms with Crippen molar-refractivity contribution in [2.75, 3.05) is 5.32 Å². The van der Waals surface area contributed by atoms with E-state index in [-0.39, 0.29) is 0 Å². The number of hydrogen-bond donors (Lipinski definition) is 1. The molecule has 0 fully saturated rings. The lowest BCUT2D eigenvalue weighted by Crippen LogP contribution is -2.01. The minimum absolute atomic E-state index is 0.462. The average molecular weight is 313 g/mol. The van der Waals surface area contributed by atoms with Gasteiger partial charge in [-0.2, -0.15) is 0 Å². The van der Waals surface area contributed by atoms with Crippen LogP contribution < -0.4 is 5.32 Å². The third kappa shape index (κ3) is 3.41. The molecule has 5 heteroatoms. The first-order valence-electron chi connectivity index (χ1n) is 5.11. The largest absolute Gasteiger partial charge is 0.378 e. The Bertz CT molecular complexity index is 514. The Balaban J connectivity index is 2.02. The minimum atomic E-state index is 0.462. The van der Waals surface area contributed by atoms with Gasteiger partial charge in [0.1, 0.15) is 5.15 Å². The molecule has 0 aliphatic heterocycles. The molecule has 2 aromatic rings. The summed E-state index contributed by atoms with van der Waals surface area (Å²) in [4.78, 5) is 8.35. The smallest absolute Gasteiger partial charge is 0.143 e. The van der Waals surface area contributed by atoms with Gasteiger partial charge in [0, 0.05) is 6.20 Å². The molecule has 3 nitrogen and oxygen atoms in total. The van der Waals surface area contributed by atoms with Crippen molar-refractivity contribution in [2.24, 2.45) is 0 Å². The zero-order valence-electron chi connectivity index (χ0n) is 9.24. The molecule has 1 N–H and O–H groups in total. The summed E-state index contributed by atoms with van der Waals surface area (Å²) in [6.07, 6.45) is 3.55. The van der Waals surface area contributed by atoms with Gasteiger partial charge in [-0.05, 0) is 40.5 Å². The van der Waals surface area contributed by atoms with Crippen molar-refractivity contribution in [1.29, 1.82) is 0 Å². The van der Waals surface area contributed by atoms with E-state index in [4.69, 9.17) is 11.6 Å². The predicted octanol–water partition coefficient (Wildman–Crippen LogP) is 3.81. The van der Waals surface area contributed by atoms with Crippen LogP contribution in [0.3, 0.4) is 0 Å². The van der Waals surface area contributed by atoms with Crippen LogP contribution in [0.15, 0.2) is 35.1 Å². The maximum Gasteiger partial charge on any atom is 0.143 e. The number of rotatable bonds is 3. The van der Waals surface area contributed by atoms with Crippen molar-refractivity contribution in [3.05, 3.63) is 51.5 Å². The van der Waals surface area contributed by atoms with Crippen molar-refractivity contribution in [1.82, 2.24) is 9.97 Å². The van der Waals surface area contributed by atoms with Crippen molar-refractivity contribution < 1.29 is 0 Å². The van der Waals surface area contributed by atoms with Crippen LogP contribution in [0.5, 0.6) is 0 Å². The number of anilines is 1. The van der Waals surface area contributed by atoms with Crippen molar-refractivity contribution in [3.8, 4) is 0 Å². The Hall–Kier alpha value is -1.13. The second-order valence-corrected chi connectivity index (χ2v) is 4.89. The van der Waals surface area contributed by atoms with Crippen LogP contribution in [-0.4, -0.2) is 9.97 Å². The van der Waals surface area contributed by atoms with Crippen LogP contribution in [0.1, 0.15) is 11.3 Å². The zero-order chi connectivity index (χ0) is 12.3. The van der Waals surface area contributed by atoms with Gasteiger partial charge >= 0.3 is 0 Å². The zero-order valence-corrected chi connectivity index (χ0v) is 11.6. The van der Waals surface area contributed by atoms with Crippen molar-refractivity contribution in [2.45, 2.75) is 13.5 Å². The van der Waals surface area contributed by atoms with Gasteiger partial charge in [0.05, 0.1) is 28.6 Å². The Morgan fingerprint density at radius 2 is 2.12 bits per heavy atom. The molecule has 0 aliphatic rings. The SMILES string of the molecule is Cc1ccc(CNc2cnc(Cl)c(Br)c2)nc1. The van der Waals surface area contributed by atoms with E-state index in [1.165, 1.54) is 0 Å². The van der Waals surface area contributed by atoms with E-state index >= 15 is 0 Å². The van der Waals surface area contributed by atoms with E-state index in [1.54, 1.807) is 6.20 Å². The van der Waals surface area contributed by atoms with Crippen LogP contribution >= 0.6 is 27.5 Å². The first-order valence-corrected chi connectivity index (χ1v) is 6.29. The van der Waals surface area contributed by atoms with E-state index in [0.29, 0.717) is 11.7 Å². The Morgan fingerprint density at radius 1 is 1.29 bits per heavy atom. The summed E-state index contributed by atoms with van der Waals surface area (Å²) < 4.78 is 0.779. The van der Waals surface area contributed by atoms with Crippen LogP contribution in [0.2, 0.25) is 5.15 Å². The van der Waals surface area contributed by atoms with Gasteiger partial charge in [0.2, 0.25) is 0 Å². The van der Waals surface area contributed by atoms with Gasteiger partial charge in [-0.15, -0.1) is 0 Å². The predicted molar refractivity (Wildman–Crippen MR) is 73.2 cm³/mol. The van der Waals surface area contributed by atoms with Crippen LogP contribution in [0, 0.1) is 6.92 Å². The average Bonchev–Trinajstić information content (AvgIpc) is 2.33. The third-order valence-electron chi connectivity index (χ3n) is 2.24. The maximum atomic E-state index is 5.82. The monoisotopic (exact) mass is 311 g/mol. The molecule has 0 spiro atoms. The number of nitrogens with one attached hydrogen (secondary N) is 1. The molecule has 0 saturated heterocycles. The highest BCUT2D eigenvalue weighted by atomic mass is 79.9. The highest BCUT2D eigenvalue weighted by molar-refractivity contribution is 9.10. The quantitative estimate of drug-likeness (QED) is 0.876. The highest BCUT2D eigenvalue weighted by Gasteiger charge is 2.00. The molecular formula is C12H11BrClN3. The summed E-state index contributed by atoms with van der Waals surface area (Å²) in [7, 11) is 0. The molecule has 0 amide bonds. The number of aryl methyl sites for hydroxylation is 1. The van der Waals surface area contributed by atoms with E-state index in [2.05, 4.69) is 31.2 Å². The van der Waals surface area contributed by atoms with Gasteiger partial charge in [-0.25, -0.2) is 4.98 Å².